The van der Waals surface area contributed by atoms with Gasteiger partial charge in [-0.15, -0.1) is 11.3 Å². The summed E-state index contributed by atoms with van der Waals surface area (Å²) in [6.07, 6.45) is 0.441. The van der Waals surface area contributed by atoms with Crippen LogP contribution in [0.15, 0.2) is 9.32 Å². The van der Waals surface area contributed by atoms with E-state index in [1.807, 2.05) is 13.8 Å². The Morgan fingerprint density at radius 1 is 1.29 bits per heavy atom. The maximum Gasteiger partial charge on any atom is 0.259 e. The second-order valence-corrected chi connectivity index (χ2v) is 6.88. The zero-order valence-corrected chi connectivity index (χ0v) is 14.8. The Labute approximate surface area is 142 Å². The standard InChI is InChI=1S/C16H18N4O3S/c1-7-10(4)24-16-12(7)15(22)18-11(19-16)5-6-17-14(21)13-8(2)20-23-9(13)3/h5-6H2,1-4H3,(H,17,21)(H,18,19,22). The van der Waals surface area contributed by atoms with E-state index in [-0.39, 0.29) is 11.5 Å². The highest BCUT2D eigenvalue weighted by Gasteiger charge is 2.17. The van der Waals surface area contributed by atoms with Gasteiger partial charge in [0.2, 0.25) is 0 Å². The quantitative estimate of drug-likeness (QED) is 0.754. The molecule has 0 saturated heterocycles. The molecule has 3 rings (SSSR count). The smallest absolute Gasteiger partial charge is 0.259 e. The minimum Gasteiger partial charge on any atom is -0.361 e. The van der Waals surface area contributed by atoms with Crippen LogP contribution in [-0.4, -0.2) is 27.6 Å². The molecule has 0 saturated carbocycles. The van der Waals surface area contributed by atoms with E-state index in [1.54, 1.807) is 13.8 Å². The number of thiophene rings is 1. The largest absolute Gasteiger partial charge is 0.361 e. The third-order valence-electron chi connectivity index (χ3n) is 4.00. The fourth-order valence-corrected chi connectivity index (χ4v) is 3.66. The van der Waals surface area contributed by atoms with Crippen molar-refractivity contribution in [2.45, 2.75) is 34.1 Å². The normalized spacial score (nSPS) is 11.2. The molecule has 0 bridgehead atoms. The predicted molar refractivity (Wildman–Crippen MR) is 91.7 cm³/mol. The number of rotatable bonds is 4. The van der Waals surface area contributed by atoms with Gasteiger partial charge in [-0.1, -0.05) is 5.16 Å². The second-order valence-electron chi connectivity index (χ2n) is 5.68. The summed E-state index contributed by atoms with van der Waals surface area (Å²) < 4.78 is 4.99. The van der Waals surface area contributed by atoms with E-state index in [0.717, 1.165) is 15.3 Å². The Morgan fingerprint density at radius 2 is 2.04 bits per heavy atom. The molecule has 0 aliphatic carbocycles. The molecule has 126 valence electrons. The summed E-state index contributed by atoms with van der Waals surface area (Å²) in [6.45, 7) is 7.68. The van der Waals surface area contributed by atoms with Crippen LogP contribution in [0.5, 0.6) is 0 Å². The van der Waals surface area contributed by atoms with Crippen molar-refractivity contribution in [2.75, 3.05) is 6.54 Å². The molecule has 0 atom stereocenters. The molecule has 3 heterocycles. The van der Waals surface area contributed by atoms with E-state index < -0.39 is 0 Å². The van der Waals surface area contributed by atoms with Gasteiger partial charge in [0.25, 0.3) is 11.5 Å². The molecule has 7 nitrogen and oxygen atoms in total. The Balaban J connectivity index is 1.72. The van der Waals surface area contributed by atoms with Gasteiger partial charge in [0.05, 0.1) is 11.1 Å². The van der Waals surface area contributed by atoms with Crippen molar-refractivity contribution < 1.29 is 9.32 Å². The highest BCUT2D eigenvalue weighted by atomic mass is 32.1. The molecule has 0 aliphatic heterocycles. The summed E-state index contributed by atoms with van der Waals surface area (Å²) in [5, 5.41) is 7.22. The molecule has 3 aromatic rings. The van der Waals surface area contributed by atoms with Crippen molar-refractivity contribution >= 4 is 27.5 Å². The maximum absolute atomic E-state index is 12.2. The number of H-pyrrole nitrogens is 1. The molecule has 0 aliphatic rings. The van der Waals surface area contributed by atoms with Gasteiger partial charge in [-0.25, -0.2) is 4.98 Å². The molecule has 2 N–H and O–H groups in total. The zero-order valence-electron chi connectivity index (χ0n) is 13.9. The van der Waals surface area contributed by atoms with Crippen LogP contribution >= 0.6 is 11.3 Å². The Hall–Kier alpha value is -2.48. The van der Waals surface area contributed by atoms with Gasteiger partial charge in [0.1, 0.15) is 22.0 Å². The van der Waals surface area contributed by atoms with Crippen molar-refractivity contribution in [1.82, 2.24) is 20.4 Å². The SMILES string of the molecule is Cc1noc(C)c1C(=O)NCCc1nc2sc(C)c(C)c2c(=O)[nH]1. The molecule has 3 aromatic heterocycles. The number of aromatic amines is 1. The van der Waals surface area contributed by atoms with Crippen LogP contribution in [0.2, 0.25) is 0 Å². The summed E-state index contributed by atoms with van der Waals surface area (Å²) >= 11 is 1.51. The first-order chi connectivity index (χ1) is 11.4. The van der Waals surface area contributed by atoms with Gasteiger partial charge in [0, 0.05) is 17.8 Å². The molecule has 0 spiro atoms. The molecule has 1 amide bonds. The number of carbonyl (C=O) groups excluding carboxylic acids is 1. The van der Waals surface area contributed by atoms with Crippen LogP contribution < -0.4 is 10.9 Å². The lowest BCUT2D eigenvalue weighted by atomic mass is 10.2. The lowest BCUT2D eigenvalue weighted by Gasteiger charge is -2.04. The molecule has 0 radical (unpaired) electrons. The van der Waals surface area contributed by atoms with E-state index in [1.165, 1.54) is 11.3 Å². The number of hydrogen-bond acceptors (Lipinski definition) is 6. The Morgan fingerprint density at radius 3 is 2.71 bits per heavy atom. The van der Waals surface area contributed by atoms with Gasteiger partial charge in [-0.2, -0.15) is 0 Å². The summed E-state index contributed by atoms with van der Waals surface area (Å²) in [4.78, 5) is 33.5. The summed E-state index contributed by atoms with van der Waals surface area (Å²) in [5.41, 5.74) is 1.86. The Kier molecular flexibility index (Phi) is 4.23. The fourth-order valence-electron chi connectivity index (χ4n) is 2.61. The highest BCUT2D eigenvalue weighted by Crippen LogP contribution is 2.25. The topological polar surface area (TPSA) is 101 Å². The first kappa shape index (κ1) is 16.4. The third kappa shape index (κ3) is 2.84. The maximum atomic E-state index is 12.2. The van der Waals surface area contributed by atoms with Crippen LogP contribution in [0, 0.1) is 27.7 Å². The number of aryl methyl sites for hydroxylation is 4. The molecule has 0 unspecified atom stereocenters. The van der Waals surface area contributed by atoms with Crippen LogP contribution in [0.3, 0.4) is 0 Å². The second kappa shape index (κ2) is 6.20. The van der Waals surface area contributed by atoms with Crippen LogP contribution in [0.1, 0.15) is 38.1 Å². The van der Waals surface area contributed by atoms with Crippen molar-refractivity contribution in [1.29, 1.82) is 0 Å². The van der Waals surface area contributed by atoms with Crippen molar-refractivity contribution in [3.05, 3.63) is 43.6 Å². The number of nitrogens with zero attached hydrogens (tertiary/aromatic N) is 2. The van der Waals surface area contributed by atoms with E-state index in [9.17, 15) is 9.59 Å². The molecular weight excluding hydrogens is 328 g/mol. The van der Waals surface area contributed by atoms with Gasteiger partial charge in [0.15, 0.2) is 0 Å². The van der Waals surface area contributed by atoms with E-state index in [4.69, 9.17) is 4.52 Å². The summed E-state index contributed by atoms with van der Waals surface area (Å²) in [5.74, 6) is 0.813. The third-order valence-corrected chi connectivity index (χ3v) is 5.10. The van der Waals surface area contributed by atoms with Crippen LogP contribution in [0.4, 0.5) is 0 Å². The number of fused-ring (bicyclic) bond motifs is 1. The first-order valence-electron chi connectivity index (χ1n) is 7.58. The minimum absolute atomic E-state index is 0.131. The van der Waals surface area contributed by atoms with Gasteiger partial charge < -0.3 is 14.8 Å². The number of aromatic nitrogens is 3. The zero-order chi connectivity index (χ0) is 17.4. The lowest BCUT2D eigenvalue weighted by molar-refractivity contribution is 0.0952. The minimum atomic E-state index is -0.238. The summed E-state index contributed by atoms with van der Waals surface area (Å²) in [6, 6.07) is 0. The van der Waals surface area contributed by atoms with Crippen molar-refractivity contribution in [3.8, 4) is 0 Å². The van der Waals surface area contributed by atoms with E-state index >= 15 is 0 Å². The lowest BCUT2D eigenvalue weighted by Crippen LogP contribution is -2.27. The molecule has 0 aromatic carbocycles. The Bertz CT molecular complexity index is 964. The molecule has 0 fully saturated rings. The van der Waals surface area contributed by atoms with E-state index in [2.05, 4.69) is 20.4 Å². The number of nitrogens with one attached hydrogen (secondary N) is 2. The average Bonchev–Trinajstić information content (AvgIpc) is 2.99. The molecular formula is C16H18N4O3S. The number of hydrogen-bond donors (Lipinski definition) is 2. The van der Waals surface area contributed by atoms with Crippen LogP contribution in [0.25, 0.3) is 10.2 Å². The van der Waals surface area contributed by atoms with Crippen molar-refractivity contribution in [2.24, 2.45) is 0 Å². The number of carbonyl (C=O) groups is 1. The molecule has 24 heavy (non-hydrogen) atoms. The highest BCUT2D eigenvalue weighted by molar-refractivity contribution is 7.18. The molecule has 8 heteroatoms. The monoisotopic (exact) mass is 346 g/mol. The first-order valence-corrected chi connectivity index (χ1v) is 8.40. The average molecular weight is 346 g/mol. The summed E-state index contributed by atoms with van der Waals surface area (Å²) in [7, 11) is 0. The predicted octanol–water partition coefficient (Wildman–Crippen LogP) is 2.18. The van der Waals surface area contributed by atoms with Gasteiger partial charge in [-0.05, 0) is 33.3 Å². The van der Waals surface area contributed by atoms with Crippen molar-refractivity contribution in [3.63, 3.8) is 0 Å². The van der Waals surface area contributed by atoms with Gasteiger partial charge in [-0.3, -0.25) is 9.59 Å². The fraction of sp³-hybridized carbons (Fsp3) is 0.375. The van der Waals surface area contributed by atoms with Crippen LogP contribution in [-0.2, 0) is 6.42 Å². The van der Waals surface area contributed by atoms with Gasteiger partial charge >= 0.3 is 0 Å². The van der Waals surface area contributed by atoms with E-state index in [0.29, 0.717) is 41.2 Å². The number of amides is 1.